The first-order chi connectivity index (χ1) is 17.4. The van der Waals surface area contributed by atoms with Crippen LogP contribution in [0.25, 0.3) is 0 Å². The van der Waals surface area contributed by atoms with Crippen molar-refractivity contribution in [2.45, 2.75) is 19.5 Å². The van der Waals surface area contributed by atoms with Gasteiger partial charge < -0.3 is 19.0 Å². The standard InChI is InChI=1S/C29H27FN2O4/c1-31(20-27-10-5-15-36-27)28(33)17-21-11-13-25(14-12-21)32(19-22-6-3-8-24(30)16-22)29(34)23-7-4-9-26(18-23)35-2/h3-16,18H,17,19-20H2,1-2H3. The van der Waals surface area contributed by atoms with Crippen LogP contribution in [0.5, 0.6) is 5.75 Å². The second kappa shape index (κ2) is 11.4. The van der Waals surface area contributed by atoms with Crippen molar-refractivity contribution in [3.8, 4) is 5.75 Å². The van der Waals surface area contributed by atoms with E-state index in [4.69, 9.17) is 9.15 Å². The van der Waals surface area contributed by atoms with Gasteiger partial charge in [-0.25, -0.2) is 4.39 Å². The first-order valence-electron chi connectivity index (χ1n) is 11.5. The maximum absolute atomic E-state index is 13.8. The number of carbonyl (C=O) groups excluding carboxylic acids is 2. The lowest BCUT2D eigenvalue weighted by atomic mass is 10.1. The molecule has 1 aromatic heterocycles. The Balaban J connectivity index is 1.54. The summed E-state index contributed by atoms with van der Waals surface area (Å²) in [5.74, 6) is 0.613. The maximum atomic E-state index is 13.8. The Bertz CT molecular complexity index is 1320. The summed E-state index contributed by atoms with van der Waals surface area (Å²) >= 11 is 0. The predicted octanol–water partition coefficient (Wildman–Crippen LogP) is 5.48. The van der Waals surface area contributed by atoms with Crippen LogP contribution in [0.2, 0.25) is 0 Å². The number of anilines is 1. The number of hydrogen-bond donors (Lipinski definition) is 0. The monoisotopic (exact) mass is 486 g/mol. The highest BCUT2D eigenvalue weighted by molar-refractivity contribution is 6.06. The third-order valence-electron chi connectivity index (χ3n) is 5.79. The molecule has 1 heterocycles. The van der Waals surface area contributed by atoms with Gasteiger partial charge in [0, 0.05) is 18.3 Å². The van der Waals surface area contributed by atoms with E-state index in [1.807, 2.05) is 18.2 Å². The van der Waals surface area contributed by atoms with Crippen molar-refractivity contribution < 1.29 is 23.1 Å². The smallest absolute Gasteiger partial charge is 0.258 e. The molecule has 0 bridgehead atoms. The summed E-state index contributed by atoms with van der Waals surface area (Å²) in [5.41, 5.74) is 2.55. The van der Waals surface area contributed by atoms with Gasteiger partial charge in [0.2, 0.25) is 5.91 Å². The number of furan rings is 1. The van der Waals surface area contributed by atoms with Crippen LogP contribution in [0.1, 0.15) is 27.2 Å². The Morgan fingerprint density at radius 3 is 2.36 bits per heavy atom. The summed E-state index contributed by atoms with van der Waals surface area (Å²) in [4.78, 5) is 29.4. The number of nitrogens with zero attached hydrogens (tertiary/aromatic N) is 2. The molecule has 0 N–H and O–H groups in total. The van der Waals surface area contributed by atoms with Crippen molar-refractivity contribution in [2.75, 3.05) is 19.1 Å². The number of hydrogen-bond acceptors (Lipinski definition) is 4. The van der Waals surface area contributed by atoms with E-state index in [2.05, 4.69) is 0 Å². The number of halogens is 1. The normalized spacial score (nSPS) is 10.6. The van der Waals surface area contributed by atoms with Crippen molar-refractivity contribution in [1.82, 2.24) is 4.90 Å². The molecule has 184 valence electrons. The zero-order valence-corrected chi connectivity index (χ0v) is 20.2. The molecule has 3 aromatic carbocycles. The molecule has 0 aliphatic heterocycles. The third kappa shape index (κ3) is 6.18. The van der Waals surface area contributed by atoms with Crippen LogP contribution in [0.3, 0.4) is 0 Å². The van der Waals surface area contributed by atoms with E-state index in [0.29, 0.717) is 34.9 Å². The number of carbonyl (C=O) groups is 2. The van der Waals surface area contributed by atoms with E-state index in [0.717, 1.165) is 5.56 Å². The van der Waals surface area contributed by atoms with Gasteiger partial charge in [-0.3, -0.25) is 9.59 Å². The van der Waals surface area contributed by atoms with E-state index >= 15 is 0 Å². The lowest BCUT2D eigenvalue weighted by Gasteiger charge is -2.24. The van der Waals surface area contributed by atoms with Gasteiger partial charge in [0.1, 0.15) is 17.3 Å². The molecule has 4 aromatic rings. The van der Waals surface area contributed by atoms with Gasteiger partial charge in [-0.2, -0.15) is 0 Å². The number of likely N-dealkylation sites (N-methyl/N-ethyl adjacent to an activating group) is 1. The van der Waals surface area contributed by atoms with Crippen LogP contribution in [0.4, 0.5) is 10.1 Å². The zero-order chi connectivity index (χ0) is 25.5. The van der Waals surface area contributed by atoms with Crippen LogP contribution in [-0.2, 0) is 24.3 Å². The van der Waals surface area contributed by atoms with Crippen molar-refractivity contribution in [3.05, 3.63) is 119 Å². The third-order valence-corrected chi connectivity index (χ3v) is 5.79. The number of amides is 2. The molecule has 0 radical (unpaired) electrons. The average molecular weight is 487 g/mol. The Kier molecular flexibility index (Phi) is 7.80. The minimum atomic E-state index is -0.367. The summed E-state index contributed by atoms with van der Waals surface area (Å²) in [6, 6.07) is 23.9. The molecule has 0 aliphatic carbocycles. The fourth-order valence-corrected chi connectivity index (χ4v) is 3.84. The molecular formula is C29H27FN2O4. The second-order valence-corrected chi connectivity index (χ2v) is 8.43. The largest absolute Gasteiger partial charge is 0.497 e. The summed E-state index contributed by atoms with van der Waals surface area (Å²) < 4.78 is 24.4. The predicted molar refractivity (Wildman–Crippen MR) is 135 cm³/mol. The van der Waals surface area contributed by atoms with Crippen LogP contribution < -0.4 is 9.64 Å². The van der Waals surface area contributed by atoms with E-state index in [-0.39, 0.29) is 30.6 Å². The van der Waals surface area contributed by atoms with Gasteiger partial charge in [-0.1, -0.05) is 30.3 Å². The average Bonchev–Trinajstić information content (AvgIpc) is 3.40. The quantitative estimate of drug-likeness (QED) is 0.315. The van der Waals surface area contributed by atoms with E-state index in [9.17, 15) is 14.0 Å². The van der Waals surface area contributed by atoms with Crippen LogP contribution in [-0.4, -0.2) is 30.9 Å². The van der Waals surface area contributed by atoms with E-state index in [1.54, 1.807) is 84.8 Å². The van der Waals surface area contributed by atoms with Crippen LogP contribution in [0, 0.1) is 5.82 Å². The fraction of sp³-hybridized carbons (Fsp3) is 0.172. The molecule has 0 saturated heterocycles. The van der Waals surface area contributed by atoms with Gasteiger partial charge in [0.25, 0.3) is 5.91 Å². The van der Waals surface area contributed by atoms with Gasteiger partial charge in [0.15, 0.2) is 0 Å². The number of ether oxygens (including phenoxy) is 1. The SMILES string of the molecule is COc1cccc(C(=O)N(Cc2cccc(F)c2)c2ccc(CC(=O)N(C)Cc3ccco3)cc2)c1. The van der Waals surface area contributed by atoms with Crippen LogP contribution in [0.15, 0.2) is 95.6 Å². The summed E-state index contributed by atoms with van der Waals surface area (Å²) in [6.45, 7) is 0.568. The van der Waals surface area contributed by atoms with Crippen LogP contribution >= 0.6 is 0 Å². The topological polar surface area (TPSA) is 63.0 Å². The molecular weight excluding hydrogens is 459 g/mol. The molecule has 2 amide bonds. The first-order valence-corrected chi connectivity index (χ1v) is 11.5. The molecule has 0 saturated carbocycles. The molecule has 0 aliphatic rings. The van der Waals surface area contributed by atoms with E-state index in [1.165, 1.54) is 12.1 Å². The zero-order valence-electron chi connectivity index (χ0n) is 20.2. The summed E-state index contributed by atoms with van der Waals surface area (Å²) in [5, 5.41) is 0. The Hall–Kier alpha value is -4.39. The lowest BCUT2D eigenvalue weighted by Crippen LogP contribution is -2.30. The molecule has 36 heavy (non-hydrogen) atoms. The van der Waals surface area contributed by atoms with E-state index < -0.39 is 0 Å². The van der Waals surface area contributed by atoms with Gasteiger partial charge in [0.05, 0.1) is 32.9 Å². The number of rotatable bonds is 9. The highest BCUT2D eigenvalue weighted by atomic mass is 19.1. The summed E-state index contributed by atoms with van der Waals surface area (Å²) in [6.07, 6.45) is 1.79. The molecule has 0 fully saturated rings. The first kappa shape index (κ1) is 24.7. The Morgan fingerprint density at radius 1 is 0.889 bits per heavy atom. The fourth-order valence-electron chi connectivity index (χ4n) is 3.84. The molecule has 6 nitrogen and oxygen atoms in total. The molecule has 0 spiro atoms. The van der Waals surface area contributed by atoms with Gasteiger partial charge in [-0.05, 0) is 65.7 Å². The van der Waals surface area contributed by atoms with Crippen molar-refractivity contribution in [1.29, 1.82) is 0 Å². The lowest BCUT2D eigenvalue weighted by molar-refractivity contribution is -0.129. The minimum Gasteiger partial charge on any atom is -0.497 e. The maximum Gasteiger partial charge on any atom is 0.258 e. The molecule has 0 unspecified atom stereocenters. The molecule has 7 heteroatoms. The van der Waals surface area contributed by atoms with Gasteiger partial charge in [-0.15, -0.1) is 0 Å². The Labute approximate surface area is 209 Å². The minimum absolute atomic E-state index is 0.0526. The van der Waals surface area contributed by atoms with Crippen molar-refractivity contribution >= 4 is 17.5 Å². The molecule has 0 atom stereocenters. The second-order valence-electron chi connectivity index (χ2n) is 8.43. The highest BCUT2D eigenvalue weighted by Crippen LogP contribution is 2.23. The van der Waals surface area contributed by atoms with Crippen molar-refractivity contribution in [2.24, 2.45) is 0 Å². The highest BCUT2D eigenvalue weighted by Gasteiger charge is 2.20. The number of benzene rings is 3. The van der Waals surface area contributed by atoms with Crippen molar-refractivity contribution in [3.63, 3.8) is 0 Å². The Morgan fingerprint density at radius 2 is 1.67 bits per heavy atom. The van der Waals surface area contributed by atoms with Gasteiger partial charge >= 0.3 is 0 Å². The number of methoxy groups -OCH3 is 1. The summed E-state index contributed by atoms with van der Waals surface area (Å²) in [7, 11) is 3.27. The molecule has 4 rings (SSSR count).